The molecule has 0 saturated carbocycles. The van der Waals surface area contributed by atoms with Gasteiger partial charge in [-0.2, -0.15) is 0 Å². The second-order valence-electron chi connectivity index (χ2n) is 4.70. The van der Waals surface area contributed by atoms with E-state index in [1.165, 1.54) is 0 Å². The van der Waals surface area contributed by atoms with E-state index in [0.717, 1.165) is 5.69 Å². The fraction of sp³-hybridized carbons (Fsp3) is 0.417. The van der Waals surface area contributed by atoms with Crippen LogP contribution in [-0.4, -0.2) is 18.1 Å². The Labute approximate surface area is 89.7 Å². The van der Waals surface area contributed by atoms with Crippen molar-refractivity contribution < 1.29 is 9.53 Å². The molecule has 1 heterocycles. The molecule has 0 saturated heterocycles. The van der Waals surface area contributed by atoms with Crippen LogP contribution in [0.1, 0.15) is 20.8 Å². The zero-order valence-electron chi connectivity index (χ0n) is 9.28. The molecule has 3 heteroatoms. The molecule has 1 aromatic carbocycles. The van der Waals surface area contributed by atoms with Gasteiger partial charge in [0.1, 0.15) is 6.54 Å². The van der Waals surface area contributed by atoms with E-state index >= 15 is 0 Å². The Morgan fingerprint density at radius 2 is 1.93 bits per heavy atom. The minimum absolute atomic E-state index is 0.0739. The third-order valence-electron chi connectivity index (χ3n) is 2.48. The molecule has 0 amide bonds. The lowest BCUT2D eigenvalue weighted by Crippen LogP contribution is -2.48. The van der Waals surface area contributed by atoms with Crippen LogP contribution in [0, 0.1) is 0 Å². The largest absolute Gasteiger partial charge is 0.423 e. The molecule has 0 unspecified atom stereocenters. The summed E-state index contributed by atoms with van der Waals surface area (Å²) in [5.74, 6) is 0.465. The zero-order valence-corrected chi connectivity index (χ0v) is 9.28. The molecule has 0 atom stereocenters. The van der Waals surface area contributed by atoms with Crippen LogP contribution in [-0.2, 0) is 4.79 Å². The monoisotopic (exact) mass is 205 g/mol. The first-order valence-corrected chi connectivity index (χ1v) is 5.06. The molecule has 2 rings (SSSR count). The summed E-state index contributed by atoms with van der Waals surface area (Å²) in [6.45, 7) is 6.58. The number of carbonyl (C=O) groups excluding carboxylic acids is 1. The first kappa shape index (κ1) is 10.0. The maximum Gasteiger partial charge on any atom is 0.331 e. The molecule has 3 nitrogen and oxygen atoms in total. The smallest absolute Gasteiger partial charge is 0.331 e. The first-order valence-electron chi connectivity index (χ1n) is 5.06. The van der Waals surface area contributed by atoms with E-state index in [1.54, 1.807) is 0 Å². The van der Waals surface area contributed by atoms with Crippen molar-refractivity contribution >= 4 is 11.7 Å². The Morgan fingerprint density at radius 3 is 2.60 bits per heavy atom. The average Bonchev–Trinajstić information content (AvgIpc) is 2.15. The van der Waals surface area contributed by atoms with E-state index in [0.29, 0.717) is 12.3 Å². The molecule has 80 valence electrons. The second kappa shape index (κ2) is 3.26. The van der Waals surface area contributed by atoms with Gasteiger partial charge in [-0.1, -0.05) is 12.1 Å². The maximum absolute atomic E-state index is 11.4. The van der Waals surface area contributed by atoms with Crippen molar-refractivity contribution in [1.29, 1.82) is 0 Å². The Morgan fingerprint density at radius 1 is 1.27 bits per heavy atom. The summed E-state index contributed by atoms with van der Waals surface area (Å²) in [6, 6.07) is 7.63. The molecular weight excluding hydrogens is 190 g/mol. The Hall–Kier alpha value is -1.51. The number of ether oxygens (including phenoxy) is 1. The van der Waals surface area contributed by atoms with Gasteiger partial charge in [0.2, 0.25) is 0 Å². The number of carbonyl (C=O) groups is 1. The van der Waals surface area contributed by atoms with E-state index < -0.39 is 0 Å². The predicted molar refractivity (Wildman–Crippen MR) is 59.2 cm³/mol. The van der Waals surface area contributed by atoms with Gasteiger partial charge in [0.15, 0.2) is 5.75 Å². The zero-order chi connectivity index (χ0) is 11.1. The Kier molecular flexibility index (Phi) is 2.18. The van der Waals surface area contributed by atoms with Crippen molar-refractivity contribution in [2.45, 2.75) is 26.3 Å². The minimum Gasteiger partial charge on any atom is -0.423 e. The van der Waals surface area contributed by atoms with Crippen molar-refractivity contribution in [3.8, 4) is 5.75 Å². The van der Waals surface area contributed by atoms with Gasteiger partial charge < -0.3 is 9.64 Å². The number of para-hydroxylation sites is 2. The van der Waals surface area contributed by atoms with Crippen molar-refractivity contribution in [2.24, 2.45) is 0 Å². The van der Waals surface area contributed by atoms with Crippen LogP contribution in [0.3, 0.4) is 0 Å². The number of nitrogens with zero attached hydrogens (tertiary/aromatic N) is 1. The normalized spacial score (nSPS) is 15.9. The average molecular weight is 205 g/mol. The summed E-state index contributed by atoms with van der Waals surface area (Å²) >= 11 is 0. The fourth-order valence-electron chi connectivity index (χ4n) is 1.73. The lowest BCUT2D eigenvalue weighted by Gasteiger charge is -2.40. The van der Waals surface area contributed by atoms with E-state index in [4.69, 9.17) is 4.74 Å². The number of anilines is 1. The highest BCUT2D eigenvalue weighted by atomic mass is 16.5. The van der Waals surface area contributed by atoms with Crippen LogP contribution < -0.4 is 9.64 Å². The van der Waals surface area contributed by atoms with Gasteiger partial charge in [-0.25, -0.2) is 4.79 Å². The first-order chi connectivity index (χ1) is 6.98. The van der Waals surface area contributed by atoms with Gasteiger partial charge in [-0.3, -0.25) is 0 Å². The fourth-order valence-corrected chi connectivity index (χ4v) is 1.73. The highest BCUT2D eigenvalue weighted by Gasteiger charge is 2.31. The van der Waals surface area contributed by atoms with Crippen LogP contribution in [0.25, 0.3) is 0 Å². The molecule has 15 heavy (non-hydrogen) atoms. The van der Waals surface area contributed by atoms with Crippen molar-refractivity contribution in [3.63, 3.8) is 0 Å². The minimum atomic E-state index is -0.191. The number of fused-ring (bicyclic) bond motifs is 1. The highest BCUT2D eigenvalue weighted by molar-refractivity contribution is 5.84. The molecular formula is C12H15NO2. The third kappa shape index (κ3) is 1.82. The van der Waals surface area contributed by atoms with Crippen LogP contribution in [0.2, 0.25) is 0 Å². The summed E-state index contributed by atoms with van der Waals surface area (Å²) in [7, 11) is 0. The standard InChI is InChI=1S/C12H15NO2/c1-12(2,3)13-8-11(14)15-10-7-5-4-6-9(10)13/h4-7H,8H2,1-3H3. The van der Waals surface area contributed by atoms with E-state index in [2.05, 4.69) is 25.7 Å². The van der Waals surface area contributed by atoms with Crippen LogP contribution >= 0.6 is 0 Å². The summed E-state index contributed by atoms with van der Waals surface area (Å²) in [4.78, 5) is 13.5. The molecule has 0 N–H and O–H groups in total. The van der Waals surface area contributed by atoms with Crippen molar-refractivity contribution in [2.75, 3.05) is 11.4 Å². The van der Waals surface area contributed by atoms with Crippen LogP contribution in [0.5, 0.6) is 5.75 Å². The summed E-state index contributed by atoms with van der Waals surface area (Å²) in [6.07, 6.45) is 0. The van der Waals surface area contributed by atoms with E-state index in [1.807, 2.05) is 24.3 Å². The lowest BCUT2D eigenvalue weighted by atomic mass is 10.0. The topological polar surface area (TPSA) is 29.5 Å². The van der Waals surface area contributed by atoms with Crippen molar-refractivity contribution in [3.05, 3.63) is 24.3 Å². The number of hydrogen-bond acceptors (Lipinski definition) is 3. The van der Waals surface area contributed by atoms with Gasteiger partial charge in [-0.15, -0.1) is 0 Å². The number of benzene rings is 1. The van der Waals surface area contributed by atoms with Crippen molar-refractivity contribution in [1.82, 2.24) is 0 Å². The molecule has 0 radical (unpaired) electrons. The highest BCUT2D eigenvalue weighted by Crippen LogP contribution is 2.35. The van der Waals surface area contributed by atoms with Gasteiger partial charge in [0.25, 0.3) is 0 Å². The maximum atomic E-state index is 11.4. The van der Waals surface area contributed by atoms with E-state index in [9.17, 15) is 4.79 Å². The second-order valence-corrected chi connectivity index (χ2v) is 4.70. The predicted octanol–water partition coefficient (Wildman–Crippen LogP) is 2.21. The lowest BCUT2D eigenvalue weighted by molar-refractivity contribution is -0.133. The summed E-state index contributed by atoms with van der Waals surface area (Å²) < 4.78 is 5.18. The summed E-state index contributed by atoms with van der Waals surface area (Å²) in [5.41, 5.74) is 0.917. The molecule has 0 spiro atoms. The molecule has 1 aliphatic rings. The summed E-state index contributed by atoms with van der Waals surface area (Å²) in [5, 5.41) is 0. The number of rotatable bonds is 0. The van der Waals surface area contributed by atoms with Gasteiger partial charge in [0.05, 0.1) is 5.69 Å². The molecule has 0 fully saturated rings. The molecule has 1 aliphatic heterocycles. The number of hydrogen-bond donors (Lipinski definition) is 0. The Balaban J connectivity index is 2.47. The van der Waals surface area contributed by atoms with Gasteiger partial charge in [-0.05, 0) is 32.9 Å². The quantitative estimate of drug-likeness (QED) is 0.480. The van der Waals surface area contributed by atoms with Gasteiger partial charge >= 0.3 is 5.97 Å². The molecule has 1 aromatic rings. The molecule has 0 aromatic heterocycles. The molecule has 0 bridgehead atoms. The third-order valence-corrected chi connectivity index (χ3v) is 2.48. The molecule has 0 aliphatic carbocycles. The van der Waals surface area contributed by atoms with E-state index in [-0.39, 0.29) is 11.5 Å². The number of esters is 1. The Bertz CT molecular complexity index is 393. The van der Waals surface area contributed by atoms with Crippen LogP contribution in [0.4, 0.5) is 5.69 Å². The van der Waals surface area contributed by atoms with Gasteiger partial charge in [0, 0.05) is 5.54 Å². The van der Waals surface area contributed by atoms with Crippen LogP contribution in [0.15, 0.2) is 24.3 Å². The SMILES string of the molecule is CC(C)(C)N1CC(=O)Oc2ccccc21.